The molecule has 0 saturated carbocycles. The van der Waals surface area contributed by atoms with Gasteiger partial charge in [0.25, 0.3) is 0 Å². The zero-order valence-electron chi connectivity index (χ0n) is 11.3. The lowest BCUT2D eigenvalue weighted by atomic mass is 10.2. The minimum absolute atomic E-state index is 0.766. The lowest BCUT2D eigenvalue weighted by molar-refractivity contribution is 0.389. The highest BCUT2D eigenvalue weighted by Crippen LogP contribution is 2.24. The molecule has 1 aromatic carbocycles. The van der Waals surface area contributed by atoms with Gasteiger partial charge in [0.15, 0.2) is 0 Å². The van der Waals surface area contributed by atoms with Gasteiger partial charge in [-0.1, -0.05) is 6.07 Å². The molecular weight excluding hydrogens is 242 g/mol. The summed E-state index contributed by atoms with van der Waals surface area (Å²) in [7, 11) is 3.32. The second kappa shape index (κ2) is 6.80. The molecule has 5 nitrogen and oxygen atoms in total. The molecular formula is C14H19N3O2. The molecule has 1 heterocycles. The third kappa shape index (κ3) is 3.72. The Kier molecular flexibility index (Phi) is 4.80. The number of methoxy groups -OCH3 is 2. The van der Waals surface area contributed by atoms with E-state index in [0.717, 1.165) is 36.7 Å². The predicted octanol–water partition coefficient (Wildman–Crippen LogP) is 1.69. The van der Waals surface area contributed by atoms with E-state index in [-0.39, 0.29) is 0 Å². The molecule has 0 unspecified atom stereocenters. The van der Waals surface area contributed by atoms with Gasteiger partial charge in [0.2, 0.25) is 0 Å². The summed E-state index contributed by atoms with van der Waals surface area (Å²) < 4.78 is 12.6. The fourth-order valence-corrected chi connectivity index (χ4v) is 1.85. The molecule has 0 saturated heterocycles. The van der Waals surface area contributed by atoms with Crippen LogP contribution in [-0.4, -0.2) is 30.3 Å². The number of nitrogens with one attached hydrogen (secondary N) is 1. The molecule has 0 radical (unpaired) electrons. The Hall–Kier alpha value is -2.01. The van der Waals surface area contributed by atoms with Crippen LogP contribution in [0.15, 0.2) is 36.9 Å². The van der Waals surface area contributed by atoms with Crippen molar-refractivity contribution in [1.29, 1.82) is 0 Å². The quantitative estimate of drug-likeness (QED) is 0.771. The molecule has 19 heavy (non-hydrogen) atoms. The summed E-state index contributed by atoms with van der Waals surface area (Å²) in [4.78, 5) is 4.01. The van der Waals surface area contributed by atoms with Crippen LogP contribution in [0.1, 0.15) is 5.56 Å². The van der Waals surface area contributed by atoms with Gasteiger partial charge in [-0.25, -0.2) is 4.98 Å². The number of ether oxygens (including phenoxy) is 2. The number of hydrogen-bond donors (Lipinski definition) is 1. The van der Waals surface area contributed by atoms with Crippen molar-refractivity contribution in [2.45, 2.75) is 13.1 Å². The van der Waals surface area contributed by atoms with E-state index < -0.39 is 0 Å². The van der Waals surface area contributed by atoms with Crippen LogP contribution >= 0.6 is 0 Å². The fourth-order valence-electron chi connectivity index (χ4n) is 1.85. The van der Waals surface area contributed by atoms with Crippen LogP contribution in [0.3, 0.4) is 0 Å². The van der Waals surface area contributed by atoms with Gasteiger partial charge < -0.3 is 19.4 Å². The molecule has 1 aromatic heterocycles. The van der Waals surface area contributed by atoms with Crippen LogP contribution in [0.5, 0.6) is 11.5 Å². The first-order valence-electron chi connectivity index (χ1n) is 6.21. The van der Waals surface area contributed by atoms with Gasteiger partial charge in [0, 0.05) is 43.7 Å². The minimum Gasteiger partial charge on any atom is -0.497 e. The van der Waals surface area contributed by atoms with Crippen LogP contribution < -0.4 is 14.8 Å². The predicted molar refractivity (Wildman–Crippen MR) is 73.5 cm³/mol. The number of nitrogens with zero attached hydrogens (tertiary/aromatic N) is 2. The van der Waals surface area contributed by atoms with Crippen molar-refractivity contribution < 1.29 is 9.47 Å². The van der Waals surface area contributed by atoms with Crippen LogP contribution in [0.2, 0.25) is 0 Å². The first kappa shape index (κ1) is 13.4. The molecule has 2 rings (SSSR count). The highest BCUT2D eigenvalue weighted by Gasteiger charge is 2.04. The van der Waals surface area contributed by atoms with E-state index in [1.54, 1.807) is 20.4 Å². The maximum Gasteiger partial charge on any atom is 0.127 e. The average Bonchev–Trinajstić information content (AvgIpc) is 2.96. The van der Waals surface area contributed by atoms with Gasteiger partial charge in [0.1, 0.15) is 11.5 Å². The van der Waals surface area contributed by atoms with Gasteiger partial charge in [-0.3, -0.25) is 0 Å². The lowest BCUT2D eigenvalue weighted by Gasteiger charge is -2.11. The Morgan fingerprint density at radius 1 is 1.26 bits per heavy atom. The summed E-state index contributed by atoms with van der Waals surface area (Å²) in [6.45, 7) is 2.55. The minimum atomic E-state index is 0.766. The molecule has 0 aliphatic heterocycles. The number of aromatic nitrogens is 2. The van der Waals surface area contributed by atoms with Gasteiger partial charge in [-0.2, -0.15) is 0 Å². The Morgan fingerprint density at radius 3 is 2.84 bits per heavy atom. The molecule has 102 valence electrons. The second-order valence-electron chi connectivity index (χ2n) is 4.16. The van der Waals surface area contributed by atoms with Gasteiger partial charge in [-0.15, -0.1) is 0 Å². The van der Waals surface area contributed by atoms with Gasteiger partial charge >= 0.3 is 0 Å². The van der Waals surface area contributed by atoms with Gasteiger partial charge in [-0.05, 0) is 6.07 Å². The molecule has 0 aliphatic rings. The van der Waals surface area contributed by atoms with Crippen LogP contribution in [0.4, 0.5) is 0 Å². The van der Waals surface area contributed by atoms with E-state index in [4.69, 9.17) is 9.47 Å². The van der Waals surface area contributed by atoms with E-state index in [9.17, 15) is 0 Å². The SMILES string of the molecule is COc1ccc(CNCCn2ccnc2)c(OC)c1. The molecule has 0 atom stereocenters. The van der Waals surface area contributed by atoms with Crippen molar-refractivity contribution in [3.63, 3.8) is 0 Å². The van der Waals surface area contributed by atoms with E-state index in [0.29, 0.717) is 0 Å². The Morgan fingerprint density at radius 2 is 2.16 bits per heavy atom. The maximum atomic E-state index is 5.36. The number of imidazole rings is 1. The number of rotatable bonds is 7. The molecule has 0 fully saturated rings. The summed E-state index contributed by atoms with van der Waals surface area (Å²) in [6, 6.07) is 5.85. The van der Waals surface area contributed by atoms with E-state index in [1.165, 1.54) is 0 Å². The molecule has 1 N–H and O–H groups in total. The zero-order valence-corrected chi connectivity index (χ0v) is 11.3. The zero-order chi connectivity index (χ0) is 13.5. The summed E-state index contributed by atoms with van der Waals surface area (Å²) in [6.07, 6.45) is 5.55. The standard InChI is InChI=1S/C14H19N3O2/c1-18-13-4-3-12(14(9-13)19-2)10-15-5-7-17-8-6-16-11-17/h3-4,6,8-9,11,15H,5,7,10H2,1-2H3. The molecule has 0 amide bonds. The summed E-state index contributed by atoms with van der Waals surface area (Å²) >= 11 is 0. The average molecular weight is 261 g/mol. The molecule has 5 heteroatoms. The summed E-state index contributed by atoms with van der Waals surface area (Å²) in [5.41, 5.74) is 1.12. The normalized spacial score (nSPS) is 10.4. The van der Waals surface area contributed by atoms with Gasteiger partial charge in [0.05, 0.1) is 20.5 Å². The third-order valence-electron chi connectivity index (χ3n) is 2.92. The first-order valence-corrected chi connectivity index (χ1v) is 6.21. The highest BCUT2D eigenvalue weighted by molar-refractivity contribution is 5.40. The van der Waals surface area contributed by atoms with E-state index in [2.05, 4.69) is 10.3 Å². The van der Waals surface area contributed by atoms with E-state index >= 15 is 0 Å². The van der Waals surface area contributed by atoms with Crippen LogP contribution in [0, 0.1) is 0 Å². The number of benzene rings is 1. The van der Waals surface area contributed by atoms with Crippen molar-refractivity contribution in [3.8, 4) is 11.5 Å². The van der Waals surface area contributed by atoms with Crippen LogP contribution in [-0.2, 0) is 13.1 Å². The highest BCUT2D eigenvalue weighted by atomic mass is 16.5. The molecule has 0 aliphatic carbocycles. The second-order valence-corrected chi connectivity index (χ2v) is 4.16. The summed E-state index contributed by atoms with van der Waals surface area (Å²) in [5.74, 6) is 1.65. The summed E-state index contributed by atoms with van der Waals surface area (Å²) in [5, 5.41) is 3.38. The molecule has 2 aromatic rings. The first-order chi connectivity index (χ1) is 9.33. The topological polar surface area (TPSA) is 48.3 Å². The molecule has 0 spiro atoms. The van der Waals surface area contributed by atoms with Crippen molar-refractivity contribution in [3.05, 3.63) is 42.5 Å². The van der Waals surface area contributed by atoms with E-state index in [1.807, 2.05) is 35.3 Å². The number of hydrogen-bond acceptors (Lipinski definition) is 4. The molecule has 0 bridgehead atoms. The monoisotopic (exact) mass is 261 g/mol. The van der Waals surface area contributed by atoms with Crippen molar-refractivity contribution in [2.24, 2.45) is 0 Å². The smallest absolute Gasteiger partial charge is 0.127 e. The third-order valence-corrected chi connectivity index (χ3v) is 2.92. The largest absolute Gasteiger partial charge is 0.497 e. The Balaban J connectivity index is 1.85. The maximum absolute atomic E-state index is 5.36. The fraction of sp³-hybridized carbons (Fsp3) is 0.357. The van der Waals surface area contributed by atoms with Crippen molar-refractivity contribution in [1.82, 2.24) is 14.9 Å². The van der Waals surface area contributed by atoms with Crippen molar-refractivity contribution >= 4 is 0 Å². The Labute approximate surface area is 113 Å². The van der Waals surface area contributed by atoms with Crippen LogP contribution in [0.25, 0.3) is 0 Å². The lowest BCUT2D eigenvalue weighted by Crippen LogP contribution is -2.19. The Bertz CT molecular complexity index is 497. The van der Waals surface area contributed by atoms with Crippen molar-refractivity contribution in [2.75, 3.05) is 20.8 Å².